The fourth-order valence-corrected chi connectivity index (χ4v) is 1.80. The van der Waals surface area contributed by atoms with E-state index in [1.54, 1.807) is 0 Å². The molecule has 0 aliphatic heterocycles. The second-order valence-electron chi connectivity index (χ2n) is 4.71. The van der Waals surface area contributed by atoms with Crippen molar-refractivity contribution in [3.63, 3.8) is 0 Å². The molecule has 1 aromatic carbocycles. The highest BCUT2D eigenvalue weighted by Crippen LogP contribution is 2.34. The second-order valence-corrected chi connectivity index (χ2v) is 4.71. The normalized spacial score (nSPS) is 12.9. The maximum absolute atomic E-state index is 12.7. The van der Waals surface area contributed by atoms with Crippen LogP contribution in [0.15, 0.2) is 18.2 Å². The Morgan fingerprint density at radius 2 is 2.05 bits per heavy atom. The van der Waals surface area contributed by atoms with Gasteiger partial charge in [0.05, 0.1) is 11.7 Å². The lowest BCUT2D eigenvalue weighted by Crippen LogP contribution is -2.31. The quantitative estimate of drug-likeness (QED) is 0.781. The molecule has 7 heteroatoms. The van der Waals surface area contributed by atoms with E-state index in [1.165, 1.54) is 19.1 Å². The van der Waals surface area contributed by atoms with Crippen molar-refractivity contribution in [3.05, 3.63) is 29.3 Å². The van der Waals surface area contributed by atoms with E-state index in [1.807, 2.05) is 6.92 Å². The van der Waals surface area contributed by atoms with Gasteiger partial charge >= 0.3 is 12.2 Å². The van der Waals surface area contributed by atoms with Gasteiger partial charge in [-0.25, -0.2) is 4.79 Å². The molecule has 0 saturated heterocycles. The SMILES string of the molecule is CCC(O)CCNC(=O)Nc1cccc(C(F)(F)F)c1C. The summed E-state index contributed by atoms with van der Waals surface area (Å²) in [6, 6.07) is 3.02. The number of hydrogen-bond acceptors (Lipinski definition) is 2. The number of carbonyl (C=O) groups is 1. The van der Waals surface area contributed by atoms with Crippen molar-refractivity contribution in [1.82, 2.24) is 5.32 Å². The molecule has 4 nitrogen and oxygen atoms in total. The van der Waals surface area contributed by atoms with Crippen LogP contribution < -0.4 is 10.6 Å². The minimum absolute atomic E-state index is 0.0336. The van der Waals surface area contributed by atoms with Crippen molar-refractivity contribution in [2.24, 2.45) is 0 Å². The third-order valence-electron chi connectivity index (χ3n) is 3.12. The molecular formula is C14H19F3N2O2. The summed E-state index contributed by atoms with van der Waals surface area (Å²) in [5.41, 5.74) is -0.700. The molecule has 1 atom stereocenters. The number of benzene rings is 1. The van der Waals surface area contributed by atoms with Crippen LogP contribution >= 0.6 is 0 Å². The van der Waals surface area contributed by atoms with Crippen LogP contribution in [0.5, 0.6) is 0 Å². The summed E-state index contributed by atoms with van der Waals surface area (Å²) < 4.78 is 38.2. The number of rotatable bonds is 5. The average molecular weight is 304 g/mol. The third kappa shape index (κ3) is 5.26. The monoisotopic (exact) mass is 304 g/mol. The summed E-state index contributed by atoms with van der Waals surface area (Å²) in [6.45, 7) is 3.37. The van der Waals surface area contributed by atoms with Crippen molar-refractivity contribution in [2.75, 3.05) is 11.9 Å². The van der Waals surface area contributed by atoms with E-state index in [0.29, 0.717) is 12.8 Å². The van der Waals surface area contributed by atoms with Crippen LogP contribution in [-0.2, 0) is 6.18 Å². The Hall–Kier alpha value is -1.76. The number of urea groups is 1. The van der Waals surface area contributed by atoms with Crippen LogP contribution in [-0.4, -0.2) is 23.8 Å². The molecule has 21 heavy (non-hydrogen) atoms. The molecule has 0 radical (unpaired) electrons. The largest absolute Gasteiger partial charge is 0.416 e. The number of nitrogens with one attached hydrogen (secondary N) is 2. The standard InChI is InChI=1S/C14H19F3N2O2/c1-3-10(20)7-8-18-13(21)19-12-6-4-5-11(9(12)2)14(15,16)17/h4-6,10,20H,3,7-8H2,1-2H3,(H2,18,19,21). The van der Waals surface area contributed by atoms with E-state index in [4.69, 9.17) is 0 Å². The number of halogens is 3. The zero-order valence-corrected chi connectivity index (χ0v) is 11.9. The Morgan fingerprint density at radius 3 is 2.62 bits per heavy atom. The number of aliphatic hydroxyl groups excluding tert-OH is 1. The first-order chi connectivity index (χ1) is 9.75. The van der Waals surface area contributed by atoms with E-state index in [0.717, 1.165) is 6.07 Å². The number of alkyl halides is 3. The predicted octanol–water partition coefficient (Wildman–Crippen LogP) is 3.30. The second kappa shape index (κ2) is 7.31. The predicted molar refractivity (Wildman–Crippen MR) is 74.1 cm³/mol. The molecule has 1 unspecified atom stereocenters. The van der Waals surface area contributed by atoms with E-state index < -0.39 is 23.9 Å². The Morgan fingerprint density at radius 1 is 1.38 bits per heavy atom. The van der Waals surface area contributed by atoms with Gasteiger partial charge in [0.15, 0.2) is 0 Å². The number of carbonyl (C=O) groups excluding carboxylic acids is 1. The van der Waals surface area contributed by atoms with Gasteiger partial charge in [-0.2, -0.15) is 13.2 Å². The van der Waals surface area contributed by atoms with Gasteiger partial charge in [0, 0.05) is 12.2 Å². The van der Waals surface area contributed by atoms with Gasteiger partial charge in [0.2, 0.25) is 0 Å². The molecule has 3 N–H and O–H groups in total. The van der Waals surface area contributed by atoms with Gasteiger partial charge in [0.25, 0.3) is 0 Å². The van der Waals surface area contributed by atoms with Gasteiger partial charge in [-0.1, -0.05) is 13.0 Å². The van der Waals surface area contributed by atoms with Crippen molar-refractivity contribution in [2.45, 2.75) is 39.0 Å². The summed E-state index contributed by atoms with van der Waals surface area (Å²) in [5, 5.41) is 14.2. The highest BCUT2D eigenvalue weighted by Gasteiger charge is 2.33. The molecule has 0 saturated carbocycles. The smallest absolute Gasteiger partial charge is 0.393 e. The highest BCUT2D eigenvalue weighted by molar-refractivity contribution is 5.90. The van der Waals surface area contributed by atoms with Gasteiger partial charge in [-0.15, -0.1) is 0 Å². The molecule has 2 amide bonds. The summed E-state index contributed by atoms with van der Waals surface area (Å²) in [5.74, 6) is 0. The van der Waals surface area contributed by atoms with Crippen LogP contribution in [0.2, 0.25) is 0 Å². The molecule has 1 aromatic rings. The highest BCUT2D eigenvalue weighted by atomic mass is 19.4. The summed E-state index contributed by atoms with van der Waals surface area (Å²) in [7, 11) is 0. The lowest BCUT2D eigenvalue weighted by atomic mass is 10.1. The number of hydrogen-bond donors (Lipinski definition) is 3. The topological polar surface area (TPSA) is 61.4 Å². The van der Waals surface area contributed by atoms with Gasteiger partial charge in [-0.05, 0) is 37.5 Å². The first-order valence-electron chi connectivity index (χ1n) is 6.65. The van der Waals surface area contributed by atoms with Crippen molar-refractivity contribution in [1.29, 1.82) is 0 Å². The first kappa shape index (κ1) is 17.3. The van der Waals surface area contributed by atoms with Crippen LogP contribution in [0.1, 0.15) is 30.9 Å². The van der Waals surface area contributed by atoms with E-state index in [-0.39, 0.29) is 17.8 Å². The van der Waals surface area contributed by atoms with Crippen LogP contribution in [0.4, 0.5) is 23.7 Å². The van der Waals surface area contributed by atoms with Crippen molar-refractivity contribution < 1.29 is 23.1 Å². The fraction of sp³-hybridized carbons (Fsp3) is 0.500. The molecule has 0 fully saturated rings. The number of aliphatic hydroxyl groups is 1. The van der Waals surface area contributed by atoms with Gasteiger partial charge in [0.1, 0.15) is 0 Å². The average Bonchev–Trinajstić information content (AvgIpc) is 2.39. The molecule has 0 aliphatic rings. The maximum atomic E-state index is 12.7. The molecule has 0 bridgehead atoms. The summed E-state index contributed by atoms with van der Waals surface area (Å²) in [4.78, 5) is 11.6. The van der Waals surface area contributed by atoms with E-state index in [2.05, 4.69) is 10.6 Å². The zero-order valence-electron chi connectivity index (χ0n) is 11.9. The van der Waals surface area contributed by atoms with Crippen LogP contribution in [0.3, 0.4) is 0 Å². The third-order valence-corrected chi connectivity index (χ3v) is 3.12. The van der Waals surface area contributed by atoms with Crippen molar-refractivity contribution >= 4 is 11.7 Å². The Kier molecular flexibility index (Phi) is 6.02. The Bertz CT molecular complexity index is 490. The minimum atomic E-state index is -4.45. The van der Waals surface area contributed by atoms with Crippen molar-refractivity contribution in [3.8, 4) is 0 Å². The lowest BCUT2D eigenvalue weighted by molar-refractivity contribution is -0.138. The van der Waals surface area contributed by atoms with E-state index in [9.17, 15) is 23.1 Å². The number of amides is 2. The minimum Gasteiger partial charge on any atom is -0.393 e. The molecule has 0 spiro atoms. The molecule has 0 heterocycles. The zero-order chi connectivity index (χ0) is 16.0. The Labute approximate surface area is 121 Å². The summed E-state index contributed by atoms with van der Waals surface area (Å²) >= 11 is 0. The fourth-order valence-electron chi connectivity index (χ4n) is 1.80. The molecular weight excluding hydrogens is 285 g/mol. The molecule has 1 rings (SSSR count). The van der Waals surface area contributed by atoms with Gasteiger partial charge in [-0.3, -0.25) is 0 Å². The molecule has 0 aliphatic carbocycles. The first-order valence-corrected chi connectivity index (χ1v) is 6.65. The summed E-state index contributed by atoms with van der Waals surface area (Å²) in [6.07, 6.45) is -3.98. The number of anilines is 1. The van der Waals surface area contributed by atoms with Gasteiger partial charge < -0.3 is 15.7 Å². The Balaban J connectivity index is 2.65. The maximum Gasteiger partial charge on any atom is 0.416 e. The van der Waals surface area contributed by atoms with Crippen LogP contribution in [0.25, 0.3) is 0 Å². The lowest BCUT2D eigenvalue weighted by Gasteiger charge is -2.15. The molecule has 0 aromatic heterocycles. The van der Waals surface area contributed by atoms with E-state index >= 15 is 0 Å². The van der Waals surface area contributed by atoms with Crippen LogP contribution in [0, 0.1) is 6.92 Å². The molecule has 118 valence electrons.